The van der Waals surface area contributed by atoms with Crippen LogP contribution < -0.4 is 20.7 Å². The van der Waals surface area contributed by atoms with Gasteiger partial charge >= 0.3 is 0 Å². The van der Waals surface area contributed by atoms with Gasteiger partial charge in [-0.2, -0.15) is 0 Å². The van der Waals surface area contributed by atoms with Gasteiger partial charge in [0.25, 0.3) is 5.91 Å². The topological polar surface area (TPSA) is 65.6 Å². The molecule has 34 heavy (non-hydrogen) atoms. The molecule has 1 aliphatic heterocycles. The van der Waals surface area contributed by atoms with Crippen molar-refractivity contribution < 1.29 is 9.53 Å². The molecule has 1 heterocycles. The van der Waals surface area contributed by atoms with Crippen molar-refractivity contribution in [2.45, 2.75) is 32.0 Å². The van der Waals surface area contributed by atoms with E-state index in [4.69, 9.17) is 4.74 Å². The maximum Gasteiger partial charge on any atom is 0.251 e. The van der Waals surface area contributed by atoms with Crippen LogP contribution in [0.2, 0.25) is 0 Å². The summed E-state index contributed by atoms with van der Waals surface area (Å²) in [6, 6.07) is 21.0. The van der Waals surface area contributed by atoms with E-state index in [1.54, 1.807) is 13.2 Å². The van der Waals surface area contributed by atoms with E-state index in [0.29, 0.717) is 11.3 Å². The van der Waals surface area contributed by atoms with Crippen LogP contribution in [0.5, 0.6) is 5.75 Å². The van der Waals surface area contributed by atoms with Gasteiger partial charge < -0.3 is 20.7 Å². The molecule has 6 nitrogen and oxygen atoms in total. The van der Waals surface area contributed by atoms with Crippen molar-refractivity contribution in [2.75, 3.05) is 40.3 Å². The molecule has 6 heteroatoms. The summed E-state index contributed by atoms with van der Waals surface area (Å²) >= 11 is 0. The summed E-state index contributed by atoms with van der Waals surface area (Å²) in [5.74, 6) is 0.679. The molecule has 0 spiro atoms. The molecule has 180 valence electrons. The number of ether oxygens (including phenoxy) is 1. The lowest BCUT2D eigenvalue weighted by Gasteiger charge is -2.32. The Morgan fingerprint density at radius 1 is 0.971 bits per heavy atom. The first-order valence-corrected chi connectivity index (χ1v) is 12.2. The number of carbonyl (C=O) groups is 1. The second-order valence-electron chi connectivity index (χ2n) is 9.05. The van der Waals surface area contributed by atoms with E-state index >= 15 is 0 Å². The first kappa shape index (κ1) is 24.2. The molecule has 0 unspecified atom stereocenters. The molecular weight excluding hydrogens is 424 g/mol. The van der Waals surface area contributed by atoms with Gasteiger partial charge in [-0.1, -0.05) is 30.3 Å². The van der Waals surface area contributed by atoms with Crippen molar-refractivity contribution in [1.29, 1.82) is 0 Å². The Morgan fingerprint density at radius 3 is 2.50 bits per heavy atom. The number of nitrogens with one attached hydrogen (secondary N) is 3. The molecule has 0 atom stereocenters. The number of benzene rings is 3. The van der Waals surface area contributed by atoms with Crippen LogP contribution in [0.4, 0.5) is 0 Å². The third kappa shape index (κ3) is 6.56. The van der Waals surface area contributed by atoms with E-state index in [1.807, 2.05) is 25.2 Å². The molecule has 1 aliphatic rings. The number of hydrogen-bond donors (Lipinski definition) is 3. The Labute approximate surface area is 202 Å². The minimum absolute atomic E-state index is 0.0249. The number of carbonyl (C=O) groups excluding carboxylic acids is 1. The smallest absolute Gasteiger partial charge is 0.251 e. The van der Waals surface area contributed by atoms with Crippen LogP contribution in [-0.4, -0.2) is 57.2 Å². The first-order valence-electron chi connectivity index (χ1n) is 12.2. The highest BCUT2D eigenvalue weighted by molar-refractivity contribution is 5.94. The van der Waals surface area contributed by atoms with Crippen LogP contribution in [0, 0.1) is 0 Å². The number of piperidine rings is 1. The van der Waals surface area contributed by atoms with E-state index < -0.39 is 0 Å². The molecule has 0 aliphatic carbocycles. The van der Waals surface area contributed by atoms with Crippen LogP contribution in [0.25, 0.3) is 10.8 Å². The van der Waals surface area contributed by atoms with Gasteiger partial charge in [0, 0.05) is 50.9 Å². The number of rotatable bonds is 10. The molecule has 0 saturated carbocycles. The zero-order valence-corrected chi connectivity index (χ0v) is 20.3. The third-order valence-electron chi connectivity index (χ3n) is 6.51. The number of nitrogens with zero attached hydrogens (tertiary/aromatic N) is 1. The summed E-state index contributed by atoms with van der Waals surface area (Å²) in [7, 11) is 3.59. The van der Waals surface area contributed by atoms with Crippen LogP contribution >= 0.6 is 0 Å². The molecule has 0 radical (unpaired) electrons. The molecule has 1 amide bonds. The number of hydrogen-bond acceptors (Lipinski definition) is 5. The minimum atomic E-state index is -0.0249. The summed E-state index contributed by atoms with van der Waals surface area (Å²) in [5, 5.41) is 12.4. The van der Waals surface area contributed by atoms with Crippen LogP contribution in [-0.2, 0) is 13.1 Å². The van der Waals surface area contributed by atoms with Crippen LogP contribution in [0.15, 0.2) is 60.7 Å². The molecule has 3 N–H and O–H groups in total. The molecule has 3 aromatic carbocycles. The Bertz CT molecular complexity index is 1090. The summed E-state index contributed by atoms with van der Waals surface area (Å²) in [5.41, 5.74) is 3.30. The second kappa shape index (κ2) is 12.0. The van der Waals surface area contributed by atoms with Gasteiger partial charge in [-0.05, 0) is 72.1 Å². The molecule has 0 aromatic heterocycles. The second-order valence-corrected chi connectivity index (χ2v) is 9.05. The highest BCUT2D eigenvalue weighted by Crippen LogP contribution is 2.21. The number of likely N-dealkylation sites (N-methyl/N-ethyl adjacent to an activating group) is 1. The Kier molecular flexibility index (Phi) is 8.52. The van der Waals surface area contributed by atoms with Gasteiger partial charge in [-0.15, -0.1) is 0 Å². The largest absolute Gasteiger partial charge is 0.497 e. The maximum atomic E-state index is 12.6. The van der Waals surface area contributed by atoms with Crippen LogP contribution in [0.1, 0.15) is 34.3 Å². The quantitative estimate of drug-likeness (QED) is 0.404. The fraction of sp³-hybridized carbons (Fsp3) is 0.393. The van der Waals surface area contributed by atoms with Crippen molar-refractivity contribution in [2.24, 2.45) is 0 Å². The maximum absolute atomic E-state index is 12.6. The minimum Gasteiger partial charge on any atom is -0.497 e. The number of fused-ring (bicyclic) bond motifs is 1. The van der Waals surface area contributed by atoms with E-state index in [1.165, 1.54) is 21.9 Å². The molecule has 1 fully saturated rings. The number of amides is 1. The third-order valence-corrected chi connectivity index (χ3v) is 6.51. The van der Waals surface area contributed by atoms with Crippen LogP contribution in [0.3, 0.4) is 0 Å². The van der Waals surface area contributed by atoms with E-state index in [2.05, 4.69) is 57.2 Å². The Morgan fingerprint density at radius 2 is 1.74 bits per heavy atom. The van der Waals surface area contributed by atoms with E-state index in [-0.39, 0.29) is 11.9 Å². The van der Waals surface area contributed by atoms with Gasteiger partial charge in [0.05, 0.1) is 7.11 Å². The summed E-state index contributed by atoms with van der Waals surface area (Å²) < 4.78 is 5.23. The standard InChI is InChI=1S/C28H36N4O2/c1-29-12-13-30-19-21-6-8-23-9-7-22(17-25(23)16-21)20-32-14-10-26(11-15-32)31-28(33)24-4-3-5-27(18-24)34-2/h3-9,16-18,26,29-30H,10-15,19-20H2,1-2H3,(H,31,33). The highest BCUT2D eigenvalue weighted by atomic mass is 16.5. The molecule has 4 rings (SSSR count). The first-order chi connectivity index (χ1) is 16.6. The SMILES string of the molecule is CNCCNCc1ccc2ccc(CN3CCC(NC(=O)c4cccc(OC)c4)CC3)cc2c1. The predicted molar refractivity (Wildman–Crippen MR) is 138 cm³/mol. The van der Waals surface area contributed by atoms with Gasteiger partial charge in [-0.25, -0.2) is 0 Å². The lowest BCUT2D eigenvalue weighted by molar-refractivity contribution is 0.0908. The zero-order valence-electron chi connectivity index (χ0n) is 20.3. The Balaban J connectivity index is 1.29. The van der Waals surface area contributed by atoms with Crippen molar-refractivity contribution >= 4 is 16.7 Å². The Hall–Kier alpha value is -2.93. The normalized spacial score (nSPS) is 14.9. The van der Waals surface area contributed by atoms with E-state index in [9.17, 15) is 4.79 Å². The zero-order chi connectivity index (χ0) is 23.8. The predicted octanol–water partition coefficient (Wildman–Crippen LogP) is 3.55. The number of methoxy groups -OCH3 is 1. The molecule has 1 saturated heterocycles. The monoisotopic (exact) mass is 460 g/mol. The fourth-order valence-corrected chi connectivity index (χ4v) is 4.53. The summed E-state index contributed by atoms with van der Waals surface area (Å²) in [4.78, 5) is 15.1. The fourth-order valence-electron chi connectivity index (χ4n) is 4.53. The molecule has 3 aromatic rings. The molecular formula is C28H36N4O2. The summed E-state index contributed by atoms with van der Waals surface area (Å²) in [6.07, 6.45) is 1.93. The lowest BCUT2D eigenvalue weighted by Crippen LogP contribution is -2.44. The highest BCUT2D eigenvalue weighted by Gasteiger charge is 2.21. The van der Waals surface area contributed by atoms with Crippen molar-refractivity contribution in [3.05, 3.63) is 77.4 Å². The van der Waals surface area contributed by atoms with Crippen molar-refractivity contribution in [3.63, 3.8) is 0 Å². The van der Waals surface area contributed by atoms with Gasteiger partial charge in [0.2, 0.25) is 0 Å². The average molecular weight is 461 g/mol. The average Bonchev–Trinajstić information content (AvgIpc) is 2.87. The van der Waals surface area contributed by atoms with Gasteiger partial charge in [-0.3, -0.25) is 9.69 Å². The lowest BCUT2D eigenvalue weighted by atomic mass is 10.0. The summed E-state index contributed by atoms with van der Waals surface area (Å²) in [6.45, 7) is 5.73. The van der Waals surface area contributed by atoms with E-state index in [0.717, 1.165) is 52.1 Å². The van der Waals surface area contributed by atoms with Gasteiger partial charge in [0.1, 0.15) is 5.75 Å². The van der Waals surface area contributed by atoms with Gasteiger partial charge in [0.15, 0.2) is 0 Å². The van der Waals surface area contributed by atoms with Crippen molar-refractivity contribution in [1.82, 2.24) is 20.9 Å². The molecule has 0 bridgehead atoms. The number of likely N-dealkylation sites (tertiary alicyclic amines) is 1. The van der Waals surface area contributed by atoms with Crippen molar-refractivity contribution in [3.8, 4) is 5.75 Å².